The zero-order valence-corrected chi connectivity index (χ0v) is 29.5. The Kier molecular flexibility index (Phi) is 6.61. The number of benzene rings is 8. The minimum atomic E-state index is 0.558. The number of para-hydroxylation sites is 5. The van der Waals surface area contributed by atoms with Crippen LogP contribution in [0.1, 0.15) is 11.1 Å². The van der Waals surface area contributed by atoms with Gasteiger partial charge in [0.05, 0.1) is 62.1 Å². The molecule has 0 saturated heterocycles. The molecule has 11 aromatic rings. The molecule has 3 aromatic heterocycles. The highest BCUT2D eigenvalue weighted by atomic mass is 15.0. The van der Waals surface area contributed by atoms with Crippen molar-refractivity contribution in [1.29, 1.82) is 10.5 Å². The standard InChI is InChI=1S/C50H29N5/c51-30-32-26-34(28-36(27-32)54-47-22-10-5-17-41(47)50-33(31-52)12-11-23-49(50)54)37-13-1-6-18-43(37)55-46-21-9-4-16-40(46)42-29-35(24-25-48(42)55)53-44-19-7-2-14-38(44)39-15-3-8-20-45(39)53/h1-29H. The van der Waals surface area contributed by atoms with Gasteiger partial charge in [0.15, 0.2) is 0 Å². The van der Waals surface area contributed by atoms with Crippen molar-refractivity contribution in [3.8, 4) is 40.3 Å². The summed E-state index contributed by atoms with van der Waals surface area (Å²) in [6, 6.07) is 66.0. The average molecular weight is 700 g/mol. The van der Waals surface area contributed by atoms with Crippen molar-refractivity contribution in [1.82, 2.24) is 13.7 Å². The van der Waals surface area contributed by atoms with E-state index in [0.717, 1.165) is 66.4 Å². The van der Waals surface area contributed by atoms with E-state index in [4.69, 9.17) is 0 Å². The van der Waals surface area contributed by atoms with Crippen LogP contribution in [-0.4, -0.2) is 13.7 Å². The van der Waals surface area contributed by atoms with Crippen molar-refractivity contribution in [2.75, 3.05) is 0 Å². The maximum Gasteiger partial charge on any atom is 0.0998 e. The van der Waals surface area contributed by atoms with Crippen LogP contribution in [0.25, 0.3) is 93.6 Å². The third-order valence-corrected chi connectivity index (χ3v) is 11.1. The molecule has 0 unspecified atom stereocenters. The normalized spacial score (nSPS) is 11.6. The minimum Gasteiger partial charge on any atom is -0.309 e. The number of hydrogen-bond donors (Lipinski definition) is 0. The van der Waals surface area contributed by atoms with Crippen LogP contribution in [0.15, 0.2) is 176 Å². The Morgan fingerprint density at radius 1 is 0.364 bits per heavy atom. The Morgan fingerprint density at radius 3 is 1.60 bits per heavy atom. The maximum absolute atomic E-state index is 10.4. The summed E-state index contributed by atoms with van der Waals surface area (Å²) in [6.07, 6.45) is 0. The molecule has 0 fully saturated rings. The summed E-state index contributed by atoms with van der Waals surface area (Å²) in [5.41, 5.74) is 12.6. The van der Waals surface area contributed by atoms with Gasteiger partial charge in [-0.05, 0) is 84.4 Å². The fraction of sp³-hybridized carbons (Fsp3) is 0. The number of nitrogens with zero attached hydrogens (tertiary/aromatic N) is 5. The van der Waals surface area contributed by atoms with Crippen LogP contribution in [0.3, 0.4) is 0 Å². The van der Waals surface area contributed by atoms with Gasteiger partial charge < -0.3 is 13.7 Å². The lowest BCUT2D eigenvalue weighted by atomic mass is 10.00. The van der Waals surface area contributed by atoms with Gasteiger partial charge in [-0.1, -0.05) is 97.1 Å². The SMILES string of the molecule is N#Cc1cc(-c2ccccc2-n2c3ccccc3c3cc(-n4c5ccccc5c5ccccc54)ccc32)cc(-n2c3ccccc3c3c(C#N)cccc32)c1. The lowest BCUT2D eigenvalue weighted by Gasteiger charge is -2.16. The van der Waals surface area contributed by atoms with E-state index in [1.807, 2.05) is 36.4 Å². The van der Waals surface area contributed by atoms with E-state index in [-0.39, 0.29) is 0 Å². The van der Waals surface area contributed by atoms with E-state index in [2.05, 4.69) is 165 Å². The molecule has 5 heteroatoms. The number of rotatable bonds is 4. The van der Waals surface area contributed by atoms with Crippen molar-refractivity contribution in [2.24, 2.45) is 0 Å². The smallest absolute Gasteiger partial charge is 0.0998 e. The average Bonchev–Trinajstić information content (AvgIpc) is 3.89. The predicted octanol–water partition coefficient (Wildman–Crippen LogP) is 12.4. The second kappa shape index (κ2) is 11.8. The van der Waals surface area contributed by atoms with Gasteiger partial charge in [0.25, 0.3) is 0 Å². The summed E-state index contributed by atoms with van der Waals surface area (Å²) < 4.78 is 6.90. The molecular weight excluding hydrogens is 671 g/mol. The molecule has 5 nitrogen and oxygen atoms in total. The van der Waals surface area contributed by atoms with E-state index in [0.29, 0.717) is 11.1 Å². The first kappa shape index (κ1) is 30.7. The second-order valence-corrected chi connectivity index (χ2v) is 14.0. The number of fused-ring (bicyclic) bond motifs is 9. The van der Waals surface area contributed by atoms with Gasteiger partial charge in [0.2, 0.25) is 0 Å². The molecule has 0 radical (unpaired) electrons. The summed E-state index contributed by atoms with van der Waals surface area (Å²) in [5.74, 6) is 0. The third kappa shape index (κ3) is 4.45. The van der Waals surface area contributed by atoms with Crippen LogP contribution in [0.2, 0.25) is 0 Å². The fourth-order valence-corrected chi connectivity index (χ4v) is 8.82. The second-order valence-electron chi connectivity index (χ2n) is 14.0. The lowest BCUT2D eigenvalue weighted by Crippen LogP contribution is -2.00. The summed E-state index contributed by atoms with van der Waals surface area (Å²) in [7, 11) is 0. The molecule has 0 aliphatic carbocycles. The molecule has 11 rings (SSSR count). The molecule has 0 amide bonds. The third-order valence-electron chi connectivity index (χ3n) is 11.1. The highest BCUT2D eigenvalue weighted by Crippen LogP contribution is 2.40. The summed E-state index contributed by atoms with van der Waals surface area (Å²) in [4.78, 5) is 0. The summed E-state index contributed by atoms with van der Waals surface area (Å²) >= 11 is 0. The van der Waals surface area contributed by atoms with Gasteiger partial charge in [-0.2, -0.15) is 10.5 Å². The number of aromatic nitrogens is 3. The molecule has 3 heterocycles. The Bertz CT molecular complexity index is 3420. The minimum absolute atomic E-state index is 0.558. The van der Waals surface area contributed by atoms with Crippen molar-refractivity contribution in [3.05, 3.63) is 187 Å². The highest BCUT2D eigenvalue weighted by Gasteiger charge is 2.20. The van der Waals surface area contributed by atoms with Crippen LogP contribution in [0.4, 0.5) is 0 Å². The Hall–Kier alpha value is -7.86. The van der Waals surface area contributed by atoms with E-state index in [9.17, 15) is 10.5 Å². The molecule has 0 aliphatic rings. The van der Waals surface area contributed by atoms with Crippen LogP contribution >= 0.6 is 0 Å². The van der Waals surface area contributed by atoms with E-state index < -0.39 is 0 Å². The van der Waals surface area contributed by atoms with Gasteiger partial charge in [0, 0.05) is 49.3 Å². The van der Waals surface area contributed by atoms with Crippen LogP contribution in [0, 0.1) is 22.7 Å². The molecule has 0 bridgehead atoms. The van der Waals surface area contributed by atoms with Gasteiger partial charge in [-0.15, -0.1) is 0 Å². The Morgan fingerprint density at radius 2 is 0.909 bits per heavy atom. The first-order valence-corrected chi connectivity index (χ1v) is 18.3. The zero-order valence-electron chi connectivity index (χ0n) is 29.5. The lowest BCUT2D eigenvalue weighted by molar-refractivity contribution is 1.16. The van der Waals surface area contributed by atoms with Gasteiger partial charge in [-0.3, -0.25) is 0 Å². The Labute approximate surface area is 316 Å². The van der Waals surface area contributed by atoms with E-state index >= 15 is 0 Å². The van der Waals surface area contributed by atoms with Crippen molar-refractivity contribution >= 4 is 65.4 Å². The largest absolute Gasteiger partial charge is 0.309 e. The quantitative estimate of drug-likeness (QED) is 0.184. The number of nitriles is 2. The molecule has 8 aromatic carbocycles. The molecule has 0 N–H and O–H groups in total. The fourth-order valence-electron chi connectivity index (χ4n) is 8.82. The summed E-state index contributed by atoms with van der Waals surface area (Å²) in [5, 5.41) is 27.2. The molecule has 0 saturated carbocycles. The molecule has 0 spiro atoms. The number of hydrogen-bond acceptors (Lipinski definition) is 2. The molecular formula is C50H29N5. The first-order valence-electron chi connectivity index (χ1n) is 18.3. The van der Waals surface area contributed by atoms with Crippen LogP contribution in [0.5, 0.6) is 0 Å². The molecule has 55 heavy (non-hydrogen) atoms. The topological polar surface area (TPSA) is 62.4 Å². The monoisotopic (exact) mass is 699 g/mol. The van der Waals surface area contributed by atoms with Crippen molar-refractivity contribution in [2.45, 2.75) is 0 Å². The van der Waals surface area contributed by atoms with E-state index in [1.54, 1.807) is 0 Å². The van der Waals surface area contributed by atoms with Crippen LogP contribution in [-0.2, 0) is 0 Å². The summed E-state index contributed by atoms with van der Waals surface area (Å²) in [6.45, 7) is 0. The molecule has 0 atom stereocenters. The highest BCUT2D eigenvalue weighted by molar-refractivity contribution is 6.13. The zero-order chi connectivity index (χ0) is 36.6. The van der Waals surface area contributed by atoms with Crippen molar-refractivity contribution in [3.63, 3.8) is 0 Å². The molecule has 0 aliphatic heterocycles. The first-order chi connectivity index (χ1) is 27.2. The predicted molar refractivity (Wildman–Crippen MR) is 224 cm³/mol. The van der Waals surface area contributed by atoms with Crippen LogP contribution < -0.4 is 0 Å². The maximum atomic E-state index is 10.4. The van der Waals surface area contributed by atoms with Crippen molar-refractivity contribution < 1.29 is 0 Å². The van der Waals surface area contributed by atoms with Gasteiger partial charge in [-0.25, -0.2) is 0 Å². The van der Waals surface area contributed by atoms with Gasteiger partial charge >= 0.3 is 0 Å². The molecule has 254 valence electrons. The Balaban J connectivity index is 1.15. The van der Waals surface area contributed by atoms with Gasteiger partial charge in [0.1, 0.15) is 0 Å². The van der Waals surface area contributed by atoms with E-state index in [1.165, 1.54) is 27.2 Å².